The van der Waals surface area contributed by atoms with Crippen LogP contribution in [-0.4, -0.2) is 17.9 Å². The molecule has 1 N–H and O–H groups in total. The quantitative estimate of drug-likeness (QED) is 0.695. The van der Waals surface area contributed by atoms with Crippen LogP contribution in [0, 0.1) is 21.7 Å². The van der Waals surface area contributed by atoms with Crippen molar-refractivity contribution >= 4 is 17.3 Å². The minimum absolute atomic E-state index is 0.0654. The summed E-state index contributed by atoms with van der Waals surface area (Å²) in [5, 5.41) is 13.0. The van der Waals surface area contributed by atoms with E-state index in [4.69, 9.17) is 4.74 Å². The number of non-ortho nitro benzene ring substituents is 1. The number of halogens is 2. The maximum absolute atomic E-state index is 13.6. The zero-order valence-corrected chi connectivity index (χ0v) is 11.3. The molecule has 0 spiro atoms. The smallest absolute Gasteiger partial charge is 0.271 e. The fraction of sp³-hybridized carbons (Fsp3) is 0.0714. The van der Waals surface area contributed by atoms with Gasteiger partial charge < -0.3 is 10.1 Å². The van der Waals surface area contributed by atoms with Crippen molar-refractivity contribution in [1.29, 1.82) is 0 Å². The predicted molar refractivity (Wildman–Crippen MR) is 74.0 cm³/mol. The lowest BCUT2D eigenvalue weighted by Gasteiger charge is -2.10. The Kier molecular flexibility index (Phi) is 4.31. The van der Waals surface area contributed by atoms with E-state index >= 15 is 0 Å². The molecule has 0 saturated carbocycles. The van der Waals surface area contributed by atoms with Crippen LogP contribution in [0.3, 0.4) is 0 Å². The average Bonchev–Trinajstić information content (AvgIpc) is 2.46. The first-order valence-electron chi connectivity index (χ1n) is 6.02. The van der Waals surface area contributed by atoms with E-state index < -0.39 is 28.0 Å². The van der Waals surface area contributed by atoms with E-state index in [-0.39, 0.29) is 17.1 Å². The molecule has 8 heteroatoms. The molecule has 0 bridgehead atoms. The number of nitro groups is 1. The average molecular weight is 308 g/mol. The van der Waals surface area contributed by atoms with Gasteiger partial charge in [0.15, 0.2) is 0 Å². The third kappa shape index (κ3) is 3.00. The van der Waals surface area contributed by atoms with E-state index in [9.17, 15) is 23.7 Å². The minimum atomic E-state index is -1.07. The Labute approximate surface area is 123 Å². The van der Waals surface area contributed by atoms with Gasteiger partial charge in [-0.05, 0) is 18.2 Å². The number of hydrogen-bond donors (Lipinski definition) is 1. The number of carbonyl (C=O) groups excluding carboxylic acids is 1. The monoisotopic (exact) mass is 308 g/mol. The zero-order chi connectivity index (χ0) is 16.3. The van der Waals surface area contributed by atoms with Crippen molar-refractivity contribution in [3.63, 3.8) is 0 Å². The Hall–Kier alpha value is -3.03. The molecule has 0 heterocycles. The van der Waals surface area contributed by atoms with Crippen molar-refractivity contribution in [2.75, 3.05) is 12.4 Å². The molecule has 0 aliphatic rings. The van der Waals surface area contributed by atoms with Gasteiger partial charge >= 0.3 is 0 Å². The number of ether oxygens (including phenoxy) is 1. The Morgan fingerprint density at radius 1 is 1.23 bits per heavy atom. The molecule has 0 unspecified atom stereocenters. The van der Waals surface area contributed by atoms with E-state index in [1.807, 2.05) is 0 Å². The summed E-state index contributed by atoms with van der Waals surface area (Å²) in [6.45, 7) is 0. The van der Waals surface area contributed by atoms with Crippen LogP contribution in [0.5, 0.6) is 5.75 Å². The molecule has 0 atom stereocenters. The summed E-state index contributed by atoms with van der Waals surface area (Å²) in [5.41, 5.74) is -1.15. The van der Waals surface area contributed by atoms with Crippen LogP contribution in [0.1, 0.15) is 10.4 Å². The van der Waals surface area contributed by atoms with Gasteiger partial charge in [-0.3, -0.25) is 14.9 Å². The van der Waals surface area contributed by atoms with Crippen molar-refractivity contribution in [2.24, 2.45) is 0 Å². The molecule has 2 rings (SSSR count). The molecule has 0 aliphatic carbocycles. The van der Waals surface area contributed by atoms with Gasteiger partial charge in [0.25, 0.3) is 11.6 Å². The lowest BCUT2D eigenvalue weighted by Crippen LogP contribution is -2.16. The van der Waals surface area contributed by atoms with Gasteiger partial charge in [0, 0.05) is 12.1 Å². The molecule has 2 aromatic rings. The number of amides is 1. The van der Waals surface area contributed by atoms with Gasteiger partial charge in [0.2, 0.25) is 0 Å². The van der Waals surface area contributed by atoms with E-state index in [1.165, 1.54) is 19.2 Å². The summed E-state index contributed by atoms with van der Waals surface area (Å²) in [7, 11) is 1.29. The largest absolute Gasteiger partial charge is 0.495 e. The number of benzene rings is 2. The number of nitrogens with zero attached hydrogens (tertiary/aromatic N) is 1. The van der Waals surface area contributed by atoms with Gasteiger partial charge in [-0.15, -0.1) is 0 Å². The zero-order valence-electron chi connectivity index (χ0n) is 11.3. The van der Waals surface area contributed by atoms with E-state index in [1.54, 1.807) is 0 Å². The predicted octanol–water partition coefficient (Wildman–Crippen LogP) is 3.13. The highest BCUT2D eigenvalue weighted by Crippen LogP contribution is 2.29. The third-order valence-corrected chi connectivity index (χ3v) is 2.83. The first-order chi connectivity index (χ1) is 10.4. The standard InChI is InChI=1S/C14H10F2N2O4/c1-22-12-6-5-8(18(20)21)7-11(12)17-14(19)13-9(15)3-2-4-10(13)16/h2-7H,1H3,(H,17,19). The molecule has 0 saturated heterocycles. The number of rotatable bonds is 4. The highest BCUT2D eigenvalue weighted by atomic mass is 19.1. The Bertz CT molecular complexity index is 729. The van der Waals surface area contributed by atoms with Crippen LogP contribution in [0.25, 0.3) is 0 Å². The van der Waals surface area contributed by atoms with Crippen LogP contribution in [0.15, 0.2) is 36.4 Å². The summed E-state index contributed by atoms with van der Waals surface area (Å²) in [6.07, 6.45) is 0. The van der Waals surface area contributed by atoms with E-state index in [2.05, 4.69) is 5.32 Å². The molecule has 0 radical (unpaired) electrons. The second kappa shape index (κ2) is 6.17. The number of hydrogen-bond acceptors (Lipinski definition) is 4. The Balaban J connectivity index is 2.39. The molecular formula is C14H10F2N2O4. The van der Waals surface area contributed by atoms with Crippen molar-refractivity contribution in [3.05, 3.63) is 63.7 Å². The highest BCUT2D eigenvalue weighted by Gasteiger charge is 2.20. The highest BCUT2D eigenvalue weighted by molar-refractivity contribution is 6.05. The summed E-state index contributed by atoms with van der Waals surface area (Å²) in [6, 6.07) is 6.47. The number of nitrogens with one attached hydrogen (secondary N) is 1. The van der Waals surface area contributed by atoms with Crippen LogP contribution < -0.4 is 10.1 Å². The lowest BCUT2D eigenvalue weighted by molar-refractivity contribution is -0.384. The van der Waals surface area contributed by atoms with Gasteiger partial charge in [-0.2, -0.15) is 0 Å². The maximum Gasteiger partial charge on any atom is 0.271 e. The fourth-order valence-electron chi connectivity index (χ4n) is 1.81. The lowest BCUT2D eigenvalue weighted by atomic mass is 10.1. The van der Waals surface area contributed by atoms with Gasteiger partial charge in [0.05, 0.1) is 17.7 Å². The first-order valence-corrected chi connectivity index (χ1v) is 6.02. The van der Waals surface area contributed by atoms with Crippen molar-refractivity contribution in [3.8, 4) is 5.75 Å². The molecule has 22 heavy (non-hydrogen) atoms. The van der Waals surface area contributed by atoms with Crippen molar-refractivity contribution in [2.45, 2.75) is 0 Å². The molecule has 1 amide bonds. The van der Waals surface area contributed by atoms with Crippen LogP contribution in [-0.2, 0) is 0 Å². The summed E-state index contributed by atoms with van der Waals surface area (Å²) < 4.78 is 32.1. The molecule has 0 aliphatic heterocycles. The number of nitro benzene ring substituents is 1. The Morgan fingerprint density at radius 3 is 2.41 bits per heavy atom. The van der Waals surface area contributed by atoms with Crippen LogP contribution in [0.2, 0.25) is 0 Å². The first kappa shape index (κ1) is 15.4. The molecule has 0 fully saturated rings. The molecule has 2 aromatic carbocycles. The van der Waals surface area contributed by atoms with E-state index in [0.717, 1.165) is 24.3 Å². The minimum Gasteiger partial charge on any atom is -0.495 e. The van der Waals surface area contributed by atoms with Crippen LogP contribution >= 0.6 is 0 Å². The van der Waals surface area contributed by atoms with Gasteiger partial charge in [-0.1, -0.05) is 6.07 Å². The number of anilines is 1. The Morgan fingerprint density at radius 2 is 1.86 bits per heavy atom. The van der Waals surface area contributed by atoms with Gasteiger partial charge in [0.1, 0.15) is 22.9 Å². The van der Waals surface area contributed by atoms with Crippen molar-refractivity contribution < 1.29 is 23.2 Å². The molecule has 114 valence electrons. The molecule has 0 aromatic heterocycles. The summed E-state index contributed by atoms with van der Waals surface area (Å²) >= 11 is 0. The third-order valence-electron chi connectivity index (χ3n) is 2.83. The normalized spacial score (nSPS) is 10.1. The summed E-state index contributed by atoms with van der Waals surface area (Å²) in [5.74, 6) is -3.03. The van der Waals surface area contributed by atoms with Crippen molar-refractivity contribution in [1.82, 2.24) is 0 Å². The summed E-state index contributed by atoms with van der Waals surface area (Å²) in [4.78, 5) is 22.1. The number of carbonyl (C=O) groups is 1. The van der Waals surface area contributed by atoms with Crippen LogP contribution in [0.4, 0.5) is 20.2 Å². The second-order valence-corrected chi connectivity index (χ2v) is 4.19. The number of methoxy groups -OCH3 is 1. The van der Waals surface area contributed by atoms with Gasteiger partial charge in [-0.25, -0.2) is 8.78 Å². The SMILES string of the molecule is COc1ccc([N+](=O)[O-])cc1NC(=O)c1c(F)cccc1F. The van der Waals surface area contributed by atoms with E-state index in [0.29, 0.717) is 0 Å². The topological polar surface area (TPSA) is 81.5 Å². The molecular weight excluding hydrogens is 298 g/mol. The second-order valence-electron chi connectivity index (χ2n) is 4.19. The fourth-order valence-corrected chi connectivity index (χ4v) is 1.81. The maximum atomic E-state index is 13.6. The molecule has 6 nitrogen and oxygen atoms in total.